The van der Waals surface area contributed by atoms with Crippen LogP contribution in [0.5, 0.6) is 5.88 Å². The Balaban J connectivity index is 2.03. The quantitative estimate of drug-likeness (QED) is 0.632. The lowest BCUT2D eigenvalue weighted by atomic mass is 10.2. The van der Waals surface area contributed by atoms with Crippen LogP contribution >= 0.6 is 11.3 Å². The maximum atomic E-state index is 11.8. The van der Waals surface area contributed by atoms with E-state index in [1.165, 1.54) is 6.26 Å². The molecule has 0 spiro atoms. The highest BCUT2D eigenvalue weighted by Crippen LogP contribution is 2.38. The molecule has 8 nitrogen and oxygen atoms in total. The van der Waals surface area contributed by atoms with Crippen LogP contribution in [0, 0.1) is 11.3 Å². The Morgan fingerprint density at radius 2 is 2.04 bits per heavy atom. The molecule has 0 aliphatic rings. The topological polar surface area (TPSA) is 145 Å². The van der Waals surface area contributed by atoms with E-state index in [1.807, 2.05) is 6.07 Å². The van der Waals surface area contributed by atoms with Crippen LogP contribution in [0.2, 0.25) is 0 Å². The van der Waals surface area contributed by atoms with Gasteiger partial charge in [0, 0.05) is 6.26 Å². The highest BCUT2D eigenvalue weighted by atomic mass is 32.2. The highest BCUT2D eigenvalue weighted by molar-refractivity contribution is 7.84. The van der Waals surface area contributed by atoms with Crippen molar-refractivity contribution in [3.63, 3.8) is 0 Å². The maximum absolute atomic E-state index is 11.8. The van der Waals surface area contributed by atoms with Crippen molar-refractivity contribution < 1.29 is 13.7 Å². The normalized spacial score (nSPS) is 11.8. The predicted octanol–water partition coefficient (Wildman–Crippen LogP) is 1.56. The third-order valence-electron chi connectivity index (χ3n) is 3.47. The van der Waals surface area contributed by atoms with Crippen molar-refractivity contribution in [3.8, 4) is 11.9 Å². The van der Waals surface area contributed by atoms with Crippen LogP contribution in [0.1, 0.15) is 20.8 Å². The lowest BCUT2D eigenvalue weighted by Crippen LogP contribution is -2.10. The molecule has 10 heteroatoms. The Labute approximate surface area is 154 Å². The molecule has 1 amide bonds. The standard InChI is InChI=1S/C16H13N5O3S2/c1-26(23)16-20-14(24-7-9-4-2-8(6-17)3-5-9)10-11(18)12(13(19)22)25-15(10)21-16/h2-5H,7,18H2,1H3,(H2,19,22). The van der Waals surface area contributed by atoms with Crippen molar-refractivity contribution in [1.29, 1.82) is 5.26 Å². The molecule has 3 aromatic rings. The fourth-order valence-corrected chi connectivity index (χ4v) is 3.64. The number of nitriles is 1. The molecule has 3 rings (SSSR count). The summed E-state index contributed by atoms with van der Waals surface area (Å²) in [6, 6.07) is 8.89. The molecule has 1 atom stereocenters. The molecule has 0 saturated carbocycles. The van der Waals surface area contributed by atoms with Crippen molar-refractivity contribution in [3.05, 3.63) is 40.3 Å². The zero-order valence-corrected chi connectivity index (χ0v) is 15.2. The third-order valence-corrected chi connectivity index (χ3v) is 5.29. The largest absolute Gasteiger partial charge is 0.472 e. The van der Waals surface area contributed by atoms with Gasteiger partial charge in [-0.1, -0.05) is 12.1 Å². The van der Waals surface area contributed by atoms with Crippen molar-refractivity contribution in [2.45, 2.75) is 11.8 Å². The number of thiophene rings is 1. The summed E-state index contributed by atoms with van der Waals surface area (Å²) in [5.41, 5.74) is 12.8. The first-order valence-corrected chi connectivity index (χ1v) is 9.63. The summed E-state index contributed by atoms with van der Waals surface area (Å²) < 4.78 is 17.5. The van der Waals surface area contributed by atoms with Gasteiger partial charge >= 0.3 is 0 Å². The Morgan fingerprint density at radius 1 is 1.35 bits per heavy atom. The molecule has 0 fully saturated rings. The molecule has 0 bridgehead atoms. The number of hydrogen-bond acceptors (Lipinski definition) is 8. The van der Waals surface area contributed by atoms with Gasteiger partial charge in [0.2, 0.25) is 11.0 Å². The smallest absolute Gasteiger partial charge is 0.260 e. The van der Waals surface area contributed by atoms with Crippen LogP contribution in [-0.2, 0) is 17.4 Å². The Hall–Kier alpha value is -3.03. The fourth-order valence-electron chi connectivity index (χ4n) is 2.21. The second-order valence-corrected chi connectivity index (χ2v) is 7.52. The second-order valence-electron chi connectivity index (χ2n) is 5.25. The van der Waals surface area contributed by atoms with Crippen LogP contribution in [0.4, 0.5) is 5.69 Å². The van der Waals surface area contributed by atoms with Gasteiger partial charge in [-0.05, 0) is 17.7 Å². The zero-order chi connectivity index (χ0) is 18.8. The SMILES string of the molecule is CS(=O)c1nc(OCc2ccc(C#N)cc2)c2c(N)c(C(N)=O)sc2n1. The Kier molecular flexibility index (Phi) is 4.83. The van der Waals surface area contributed by atoms with Gasteiger partial charge in [0.25, 0.3) is 5.91 Å². The van der Waals surface area contributed by atoms with Gasteiger partial charge in [0.05, 0.1) is 33.5 Å². The van der Waals surface area contributed by atoms with Gasteiger partial charge < -0.3 is 16.2 Å². The Bertz CT molecular complexity index is 1070. The minimum atomic E-state index is -1.44. The van der Waals surface area contributed by atoms with E-state index >= 15 is 0 Å². The summed E-state index contributed by atoms with van der Waals surface area (Å²) >= 11 is 1.00. The number of ether oxygens (including phenoxy) is 1. The van der Waals surface area contributed by atoms with Gasteiger partial charge in [0.1, 0.15) is 16.3 Å². The van der Waals surface area contributed by atoms with Crippen LogP contribution in [-0.4, -0.2) is 26.3 Å². The number of nitrogens with zero attached hydrogens (tertiary/aromatic N) is 3. The number of anilines is 1. The van der Waals surface area contributed by atoms with Crippen LogP contribution < -0.4 is 16.2 Å². The third kappa shape index (κ3) is 3.35. The fraction of sp³-hybridized carbons (Fsp3) is 0.125. The van der Waals surface area contributed by atoms with Gasteiger partial charge in [0.15, 0.2) is 0 Å². The number of nitrogen functional groups attached to an aromatic ring is 1. The van der Waals surface area contributed by atoms with Crippen LogP contribution in [0.15, 0.2) is 29.4 Å². The molecule has 2 aromatic heterocycles. The minimum Gasteiger partial charge on any atom is -0.472 e. The predicted molar refractivity (Wildman–Crippen MR) is 98.2 cm³/mol. The number of nitrogens with two attached hydrogens (primary N) is 2. The summed E-state index contributed by atoms with van der Waals surface area (Å²) in [6.45, 7) is 0.148. The van der Waals surface area contributed by atoms with Crippen molar-refractivity contribution >= 4 is 43.9 Å². The molecule has 1 aromatic carbocycles. The molecule has 2 heterocycles. The average Bonchev–Trinajstić information content (AvgIpc) is 2.97. The minimum absolute atomic E-state index is 0.0737. The summed E-state index contributed by atoms with van der Waals surface area (Å²) in [4.78, 5) is 20.4. The molecule has 132 valence electrons. The van der Waals surface area contributed by atoms with Crippen molar-refractivity contribution in [2.75, 3.05) is 12.0 Å². The average molecular weight is 387 g/mol. The van der Waals surface area contributed by atoms with E-state index < -0.39 is 16.7 Å². The molecular weight excluding hydrogens is 374 g/mol. The van der Waals surface area contributed by atoms with Gasteiger partial charge in [-0.2, -0.15) is 10.2 Å². The summed E-state index contributed by atoms with van der Waals surface area (Å²) in [7, 11) is -1.44. The van der Waals surface area contributed by atoms with Crippen molar-refractivity contribution in [2.24, 2.45) is 5.73 Å². The number of carbonyl (C=O) groups excluding carboxylic acids is 1. The summed E-state index contributed by atoms with van der Waals surface area (Å²) in [5.74, 6) is -0.548. The number of amides is 1. The Morgan fingerprint density at radius 3 is 2.62 bits per heavy atom. The lowest BCUT2D eigenvalue weighted by molar-refractivity contribution is 0.100. The number of carbonyl (C=O) groups is 1. The number of benzene rings is 1. The number of hydrogen-bond donors (Lipinski definition) is 2. The van der Waals surface area contributed by atoms with Gasteiger partial charge in [-0.15, -0.1) is 11.3 Å². The zero-order valence-electron chi connectivity index (χ0n) is 13.6. The molecule has 0 radical (unpaired) electrons. The van der Waals surface area contributed by atoms with E-state index in [0.29, 0.717) is 15.8 Å². The van der Waals surface area contributed by atoms with Crippen LogP contribution in [0.25, 0.3) is 10.2 Å². The molecule has 0 aliphatic heterocycles. The summed E-state index contributed by atoms with van der Waals surface area (Å²) in [5, 5.41) is 9.28. The van der Waals surface area contributed by atoms with E-state index in [4.69, 9.17) is 21.5 Å². The van der Waals surface area contributed by atoms with E-state index in [-0.39, 0.29) is 28.2 Å². The first kappa shape index (κ1) is 17.8. The molecule has 0 saturated heterocycles. The number of aromatic nitrogens is 2. The van der Waals surface area contributed by atoms with E-state index in [1.54, 1.807) is 24.3 Å². The van der Waals surface area contributed by atoms with Crippen molar-refractivity contribution in [1.82, 2.24) is 9.97 Å². The highest BCUT2D eigenvalue weighted by Gasteiger charge is 2.21. The lowest BCUT2D eigenvalue weighted by Gasteiger charge is -2.08. The number of fused-ring (bicyclic) bond motifs is 1. The molecule has 0 aliphatic carbocycles. The monoisotopic (exact) mass is 387 g/mol. The summed E-state index contributed by atoms with van der Waals surface area (Å²) in [6.07, 6.45) is 1.44. The molecular formula is C16H13N5O3S2. The second kappa shape index (κ2) is 7.07. The number of primary amides is 1. The number of rotatable bonds is 5. The van der Waals surface area contributed by atoms with E-state index in [0.717, 1.165) is 16.9 Å². The first-order valence-electron chi connectivity index (χ1n) is 7.25. The van der Waals surface area contributed by atoms with Gasteiger partial charge in [-0.3, -0.25) is 9.00 Å². The van der Waals surface area contributed by atoms with E-state index in [2.05, 4.69) is 9.97 Å². The molecule has 26 heavy (non-hydrogen) atoms. The van der Waals surface area contributed by atoms with Crippen LogP contribution in [0.3, 0.4) is 0 Å². The first-order chi connectivity index (χ1) is 12.4. The molecule has 1 unspecified atom stereocenters. The van der Waals surface area contributed by atoms with E-state index in [9.17, 15) is 9.00 Å². The molecule has 4 N–H and O–H groups in total. The maximum Gasteiger partial charge on any atom is 0.260 e. The van der Waals surface area contributed by atoms with Gasteiger partial charge in [-0.25, -0.2) is 4.98 Å².